The summed E-state index contributed by atoms with van der Waals surface area (Å²) in [5.41, 5.74) is 2.41. The number of hydrogen-bond acceptors (Lipinski definition) is 6. The molecule has 37 heavy (non-hydrogen) atoms. The van der Waals surface area contributed by atoms with Gasteiger partial charge >= 0.3 is 0 Å². The van der Waals surface area contributed by atoms with Gasteiger partial charge in [0.05, 0.1) is 11.1 Å². The molecule has 7 nitrogen and oxygen atoms in total. The van der Waals surface area contributed by atoms with Gasteiger partial charge in [0.15, 0.2) is 0 Å². The number of furan rings is 1. The van der Waals surface area contributed by atoms with E-state index >= 15 is 0 Å². The molecule has 192 valence electrons. The largest absolute Gasteiger partial charge is 0.461 e. The molecule has 5 rings (SSSR count). The van der Waals surface area contributed by atoms with Gasteiger partial charge < -0.3 is 20.0 Å². The number of para-hydroxylation sites is 1. The van der Waals surface area contributed by atoms with Crippen molar-refractivity contribution < 1.29 is 9.21 Å². The highest BCUT2D eigenvalue weighted by atomic mass is 35.5. The standard InChI is InChI=1S/C29H32ClN5O2/c1-18-24(16-26(37-18)20-10-12-21(30)13-11-20)28(36)31-17-19-8-14-22(15-9-19)32-29-33-25-7-5-4-6-23(25)27(34-29)35(2)3/h4-7,10-13,16,19,22H,8-9,14-15,17H2,1-3H3,(H,31,36)(H,32,33,34). The zero-order valence-electron chi connectivity index (χ0n) is 21.4. The minimum atomic E-state index is -0.0949. The van der Waals surface area contributed by atoms with Crippen LogP contribution in [-0.4, -0.2) is 42.6 Å². The van der Waals surface area contributed by atoms with Crippen molar-refractivity contribution in [2.75, 3.05) is 30.9 Å². The normalized spacial score (nSPS) is 17.5. The Morgan fingerprint density at radius 2 is 1.78 bits per heavy atom. The average molecular weight is 518 g/mol. The Bertz CT molecular complexity index is 1390. The highest BCUT2D eigenvalue weighted by molar-refractivity contribution is 6.30. The SMILES string of the molecule is Cc1oc(-c2ccc(Cl)cc2)cc1C(=O)NCC1CCC(Nc2nc(N(C)C)c3ccccc3n2)CC1. The van der Waals surface area contributed by atoms with Crippen molar-refractivity contribution in [1.29, 1.82) is 0 Å². The van der Waals surface area contributed by atoms with Crippen LogP contribution in [0.25, 0.3) is 22.2 Å². The summed E-state index contributed by atoms with van der Waals surface area (Å²) in [6, 6.07) is 17.6. The number of amides is 1. The Morgan fingerprint density at radius 3 is 2.51 bits per heavy atom. The fourth-order valence-electron chi connectivity index (χ4n) is 4.95. The Labute approximate surface area is 222 Å². The van der Waals surface area contributed by atoms with Crippen molar-refractivity contribution in [3.63, 3.8) is 0 Å². The molecule has 1 saturated carbocycles. The molecular formula is C29H32ClN5O2. The first-order valence-corrected chi connectivity index (χ1v) is 13.1. The Hall–Kier alpha value is -3.58. The van der Waals surface area contributed by atoms with Gasteiger partial charge in [0.2, 0.25) is 5.95 Å². The van der Waals surface area contributed by atoms with E-state index in [0.717, 1.165) is 48.0 Å². The molecule has 8 heteroatoms. The monoisotopic (exact) mass is 517 g/mol. The summed E-state index contributed by atoms with van der Waals surface area (Å²) >= 11 is 5.98. The maximum atomic E-state index is 12.9. The topological polar surface area (TPSA) is 83.3 Å². The third-order valence-corrected chi connectivity index (χ3v) is 7.28. The summed E-state index contributed by atoms with van der Waals surface area (Å²) in [6.45, 7) is 2.48. The first kappa shape index (κ1) is 25.1. The number of aromatic nitrogens is 2. The van der Waals surface area contributed by atoms with Crippen LogP contribution >= 0.6 is 11.6 Å². The number of aryl methyl sites for hydroxylation is 1. The molecular weight excluding hydrogens is 486 g/mol. The molecule has 0 atom stereocenters. The molecule has 0 saturated heterocycles. The lowest BCUT2D eigenvalue weighted by Gasteiger charge is -2.29. The number of carbonyl (C=O) groups excluding carboxylic acids is 1. The maximum Gasteiger partial charge on any atom is 0.254 e. The maximum absolute atomic E-state index is 12.9. The highest BCUT2D eigenvalue weighted by Gasteiger charge is 2.24. The first-order valence-electron chi connectivity index (χ1n) is 12.7. The van der Waals surface area contributed by atoms with Crippen LogP contribution in [0.15, 0.2) is 59.0 Å². The Balaban J connectivity index is 1.15. The number of rotatable bonds is 7. The lowest BCUT2D eigenvalue weighted by Crippen LogP contribution is -2.34. The number of fused-ring (bicyclic) bond motifs is 1. The Morgan fingerprint density at radius 1 is 1.05 bits per heavy atom. The van der Waals surface area contributed by atoms with Crippen molar-refractivity contribution in [1.82, 2.24) is 15.3 Å². The molecule has 2 heterocycles. The minimum absolute atomic E-state index is 0.0949. The molecule has 1 aliphatic rings. The van der Waals surface area contributed by atoms with E-state index in [9.17, 15) is 4.79 Å². The summed E-state index contributed by atoms with van der Waals surface area (Å²) in [7, 11) is 4.00. The average Bonchev–Trinajstić information content (AvgIpc) is 3.29. The molecule has 2 N–H and O–H groups in total. The zero-order valence-corrected chi connectivity index (χ0v) is 22.2. The van der Waals surface area contributed by atoms with Crippen LogP contribution in [-0.2, 0) is 0 Å². The van der Waals surface area contributed by atoms with Crippen LogP contribution in [0.4, 0.5) is 11.8 Å². The molecule has 2 aromatic heterocycles. The molecule has 0 bridgehead atoms. The van der Waals surface area contributed by atoms with Crippen LogP contribution in [0.1, 0.15) is 41.8 Å². The van der Waals surface area contributed by atoms with Crippen molar-refractivity contribution in [3.8, 4) is 11.3 Å². The number of anilines is 2. The molecule has 2 aromatic carbocycles. The van der Waals surface area contributed by atoms with E-state index in [4.69, 9.17) is 26.0 Å². The molecule has 0 spiro atoms. The minimum Gasteiger partial charge on any atom is -0.461 e. The second-order valence-corrected chi connectivity index (χ2v) is 10.4. The van der Waals surface area contributed by atoms with Crippen molar-refractivity contribution >= 4 is 40.2 Å². The molecule has 4 aromatic rings. The fourth-order valence-corrected chi connectivity index (χ4v) is 5.08. The van der Waals surface area contributed by atoms with E-state index in [1.54, 1.807) is 6.07 Å². The quantitative estimate of drug-likeness (QED) is 0.298. The molecule has 0 radical (unpaired) electrons. The number of carbonyl (C=O) groups is 1. The van der Waals surface area contributed by atoms with E-state index in [1.165, 1.54) is 0 Å². The predicted molar refractivity (Wildman–Crippen MR) is 149 cm³/mol. The smallest absolute Gasteiger partial charge is 0.254 e. The molecule has 0 aliphatic heterocycles. The summed E-state index contributed by atoms with van der Waals surface area (Å²) in [5, 5.41) is 8.38. The van der Waals surface area contributed by atoms with Crippen molar-refractivity contribution in [2.45, 2.75) is 38.6 Å². The van der Waals surface area contributed by atoms with E-state index in [1.807, 2.05) is 68.4 Å². The van der Waals surface area contributed by atoms with Gasteiger partial charge in [-0.3, -0.25) is 4.79 Å². The van der Waals surface area contributed by atoms with Crippen molar-refractivity contribution in [2.24, 2.45) is 5.92 Å². The highest BCUT2D eigenvalue weighted by Crippen LogP contribution is 2.29. The molecule has 1 aliphatic carbocycles. The molecule has 1 fully saturated rings. The lowest BCUT2D eigenvalue weighted by molar-refractivity contribution is 0.0941. The van der Waals surface area contributed by atoms with E-state index in [2.05, 4.69) is 16.7 Å². The van der Waals surface area contributed by atoms with Gasteiger partial charge in [0, 0.05) is 42.7 Å². The fraction of sp³-hybridized carbons (Fsp3) is 0.345. The number of nitrogens with one attached hydrogen (secondary N) is 2. The summed E-state index contributed by atoms with van der Waals surface area (Å²) in [6.07, 6.45) is 4.10. The van der Waals surface area contributed by atoms with Crippen LogP contribution in [0.3, 0.4) is 0 Å². The second-order valence-electron chi connectivity index (χ2n) is 9.94. The van der Waals surface area contributed by atoms with Crippen LogP contribution in [0.2, 0.25) is 5.02 Å². The third kappa shape index (κ3) is 5.72. The van der Waals surface area contributed by atoms with Gasteiger partial charge in [-0.05, 0) is 81.0 Å². The van der Waals surface area contributed by atoms with E-state index < -0.39 is 0 Å². The van der Waals surface area contributed by atoms with Gasteiger partial charge in [-0.2, -0.15) is 4.98 Å². The second kappa shape index (κ2) is 10.8. The first-order chi connectivity index (χ1) is 17.9. The third-order valence-electron chi connectivity index (χ3n) is 7.03. The number of halogens is 1. The summed E-state index contributed by atoms with van der Waals surface area (Å²) < 4.78 is 5.85. The van der Waals surface area contributed by atoms with Crippen LogP contribution in [0, 0.1) is 12.8 Å². The molecule has 1 amide bonds. The zero-order chi connectivity index (χ0) is 25.9. The number of nitrogens with zero attached hydrogens (tertiary/aromatic N) is 3. The summed E-state index contributed by atoms with van der Waals surface area (Å²) in [4.78, 5) is 24.4. The predicted octanol–water partition coefficient (Wildman–Crippen LogP) is 6.32. The lowest BCUT2D eigenvalue weighted by atomic mass is 9.86. The van der Waals surface area contributed by atoms with Gasteiger partial charge in [-0.25, -0.2) is 4.98 Å². The van der Waals surface area contributed by atoms with E-state index in [0.29, 0.717) is 46.6 Å². The van der Waals surface area contributed by atoms with Gasteiger partial charge in [0.25, 0.3) is 5.91 Å². The van der Waals surface area contributed by atoms with Gasteiger partial charge in [-0.15, -0.1) is 0 Å². The number of hydrogen-bond donors (Lipinski definition) is 2. The van der Waals surface area contributed by atoms with E-state index in [-0.39, 0.29) is 5.91 Å². The van der Waals surface area contributed by atoms with Crippen LogP contribution < -0.4 is 15.5 Å². The molecule has 0 unspecified atom stereocenters. The Kier molecular flexibility index (Phi) is 7.33. The van der Waals surface area contributed by atoms with Crippen LogP contribution in [0.5, 0.6) is 0 Å². The van der Waals surface area contributed by atoms with Crippen molar-refractivity contribution in [3.05, 3.63) is 70.9 Å². The van der Waals surface area contributed by atoms with Gasteiger partial charge in [0.1, 0.15) is 17.3 Å². The summed E-state index contributed by atoms with van der Waals surface area (Å²) in [5.74, 6) is 3.22. The number of benzene rings is 2. The van der Waals surface area contributed by atoms with Gasteiger partial charge in [-0.1, -0.05) is 23.7 Å².